The fourth-order valence-corrected chi connectivity index (χ4v) is 4.72. The Bertz CT molecular complexity index is 637. The van der Waals surface area contributed by atoms with Gasteiger partial charge in [-0.2, -0.15) is 0 Å². The van der Waals surface area contributed by atoms with Crippen LogP contribution in [-0.2, 0) is 16.0 Å². The summed E-state index contributed by atoms with van der Waals surface area (Å²) in [7, 11) is 0. The Kier molecular flexibility index (Phi) is 7.43. The third-order valence-corrected chi connectivity index (χ3v) is 6.48. The second-order valence-corrected chi connectivity index (χ2v) is 8.80. The van der Waals surface area contributed by atoms with Gasteiger partial charge >= 0.3 is 0 Å². The average molecular weight is 413 g/mol. The summed E-state index contributed by atoms with van der Waals surface area (Å²) >= 11 is 12.3. The van der Waals surface area contributed by atoms with Crippen LogP contribution in [0, 0.1) is 5.92 Å². The smallest absolute Gasteiger partial charge is 0.222 e. The third kappa shape index (κ3) is 5.83. The molecule has 1 aromatic carbocycles. The van der Waals surface area contributed by atoms with Crippen molar-refractivity contribution in [3.8, 4) is 0 Å². The van der Waals surface area contributed by atoms with Gasteiger partial charge in [-0.3, -0.25) is 9.69 Å². The van der Waals surface area contributed by atoms with Crippen LogP contribution in [0.2, 0.25) is 10.0 Å². The predicted octanol–water partition coefficient (Wildman–Crippen LogP) is 4.27. The van der Waals surface area contributed by atoms with E-state index in [9.17, 15) is 4.79 Å². The Hall–Kier alpha value is -0.810. The molecular weight excluding hydrogens is 383 g/mol. The lowest BCUT2D eigenvalue weighted by Gasteiger charge is -2.39. The molecule has 0 spiro atoms. The Morgan fingerprint density at radius 1 is 1.15 bits per heavy atom. The van der Waals surface area contributed by atoms with Crippen LogP contribution in [0.5, 0.6) is 0 Å². The highest BCUT2D eigenvalue weighted by molar-refractivity contribution is 6.42. The van der Waals surface area contributed by atoms with Gasteiger partial charge < -0.3 is 9.64 Å². The van der Waals surface area contributed by atoms with Gasteiger partial charge in [-0.15, -0.1) is 0 Å². The molecule has 2 atom stereocenters. The van der Waals surface area contributed by atoms with Crippen molar-refractivity contribution < 1.29 is 9.53 Å². The van der Waals surface area contributed by atoms with E-state index in [0.717, 1.165) is 51.1 Å². The van der Waals surface area contributed by atoms with E-state index < -0.39 is 0 Å². The van der Waals surface area contributed by atoms with Gasteiger partial charge in [0.2, 0.25) is 5.91 Å². The van der Waals surface area contributed by atoms with Crippen LogP contribution >= 0.6 is 23.2 Å². The number of carbonyl (C=O) groups excluding carboxylic acids is 1. The van der Waals surface area contributed by atoms with Crippen LogP contribution < -0.4 is 0 Å². The number of hydrogen-bond acceptors (Lipinski definition) is 3. The molecule has 2 aliphatic rings. The molecule has 150 valence electrons. The summed E-state index contributed by atoms with van der Waals surface area (Å²) in [6.07, 6.45) is 3.93. The van der Waals surface area contributed by atoms with Gasteiger partial charge in [0.15, 0.2) is 0 Å². The number of nitrogens with zero attached hydrogens (tertiary/aromatic N) is 2. The Labute approximate surface area is 172 Å². The van der Waals surface area contributed by atoms with E-state index in [4.69, 9.17) is 27.9 Å². The number of benzene rings is 1. The van der Waals surface area contributed by atoms with E-state index in [1.165, 1.54) is 0 Å². The first-order valence-electron chi connectivity index (χ1n) is 10.0. The van der Waals surface area contributed by atoms with Crippen molar-refractivity contribution in [2.45, 2.75) is 51.7 Å². The van der Waals surface area contributed by atoms with Crippen molar-refractivity contribution in [2.75, 3.05) is 32.7 Å². The normalized spacial score (nSPS) is 25.0. The number of likely N-dealkylation sites (tertiary alicyclic amines) is 1. The van der Waals surface area contributed by atoms with Crippen molar-refractivity contribution in [3.05, 3.63) is 33.8 Å². The second kappa shape index (κ2) is 9.60. The maximum absolute atomic E-state index is 12.6. The maximum atomic E-state index is 12.6. The molecule has 1 amide bonds. The van der Waals surface area contributed by atoms with Crippen LogP contribution in [0.15, 0.2) is 18.2 Å². The molecule has 0 aromatic heterocycles. The highest BCUT2D eigenvalue weighted by atomic mass is 35.5. The Balaban J connectivity index is 1.42. The van der Waals surface area contributed by atoms with E-state index in [1.54, 1.807) is 6.07 Å². The first kappa shape index (κ1) is 20.9. The molecule has 27 heavy (non-hydrogen) atoms. The van der Waals surface area contributed by atoms with E-state index in [1.807, 2.05) is 17.0 Å². The van der Waals surface area contributed by atoms with Gasteiger partial charge in [-0.05, 0) is 50.7 Å². The van der Waals surface area contributed by atoms with Crippen LogP contribution in [0.1, 0.15) is 38.7 Å². The largest absolute Gasteiger partial charge is 0.373 e. The van der Waals surface area contributed by atoms with Gasteiger partial charge in [0, 0.05) is 39.1 Å². The third-order valence-electron chi connectivity index (χ3n) is 5.62. The van der Waals surface area contributed by atoms with Crippen LogP contribution in [0.4, 0.5) is 0 Å². The lowest BCUT2D eigenvalue weighted by Crippen LogP contribution is -2.48. The summed E-state index contributed by atoms with van der Waals surface area (Å²) in [5.41, 5.74) is 0.947. The summed E-state index contributed by atoms with van der Waals surface area (Å²) in [6.45, 7) is 9.18. The number of rotatable bonds is 5. The predicted molar refractivity (Wildman–Crippen MR) is 111 cm³/mol. The number of piperidine rings is 1. The van der Waals surface area contributed by atoms with Gasteiger partial charge in [0.1, 0.15) is 0 Å². The number of hydrogen-bond donors (Lipinski definition) is 0. The number of halogens is 2. The molecule has 2 saturated heterocycles. The molecular formula is C21H30Cl2N2O2. The molecule has 2 unspecified atom stereocenters. The van der Waals surface area contributed by atoms with Gasteiger partial charge in [0.05, 0.1) is 22.3 Å². The minimum Gasteiger partial charge on any atom is -0.373 e. The molecule has 3 rings (SSSR count). The van der Waals surface area contributed by atoms with E-state index in [0.29, 0.717) is 41.0 Å². The Morgan fingerprint density at radius 2 is 1.81 bits per heavy atom. The second-order valence-electron chi connectivity index (χ2n) is 8.01. The summed E-state index contributed by atoms with van der Waals surface area (Å²) in [5, 5.41) is 1.12. The highest BCUT2D eigenvalue weighted by Gasteiger charge is 2.27. The zero-order valence-corrected chi connectivity index (χ0v) is 17.8. The molecule has 4 nitrogen and oxygen atoms in total. The molecule has 6 heteroatoms. The number of amides is 1. The number of carbonyl (C=O) groups is 1. The molecule has 0 N–H and O–H groups in total. The lowest BCUT2D eigenvalue weighted by molar-refractivity contribution is -0.132. The van der Waals surface area contributed by atoms with Gasteiger partial charge in [0.25, 0.3) is 0 Å². The maximum Gasteiger partial charge on any atom is 0.222 e. The van der Waals surface area contributed by atoms with Gasteiger partial charge in [-0.1, -0.05) is 35.3 Å². The summed E-state index contributed by atoms with van der Waals surface area (Å²) < 4.78 is 5.82. The fourth-order valence-electron chi connectivity index (χ4n) is 4.30. The molecule has 0 aliphatic carbocycles. The molecule has 2 fully saturated rings. The molecule has 2 aliphatic heterocycles. The standard InChI is InChI=1S/C21H30Cl2N2O2/c1-15-12-24(13-16(2)27-15)14-17-8-10-25(11-9-17)20(26)7-6-18-4-3-5-19(22)21(18)23/h3-5,15-17H,6-14H2,1-2H3. The Morgan fingerprint density at radius 3 is 2.48 bits per heavy atom. The van der Waals surface area contributed by atoms with Crippen molar-refractivity contribution >= 4 is 29.1 Å². The number of morpholine rings is 1. The summed E-state index contributed by atoms with van der Waals surface area (Å²) in [5.74, 6) is 0.895. The average Bonchev–Trinajstić information content (AvgIpc) is 2.62. The van der Waals surface area contributed by atoms with Gasteiger partial charge in [-0.25, -0.2) is 0 Å². The first-order chi connectivity index (χ1) is 12.9. The van der Waals surface area contributed by atoms with Crippen LogP contribution in [0.3, 0.4) is 0 Å². The molecule has 1 aromatic rings. The minimum atomic E-state index is 0.220. The van der Waals surface area contributed by atoms with Crippen molar-refractivity contribution in [3.63, 3.8) is 0 Å². The van der Waals surface area contributed by atoms with Crippen LogP contribution in [0.25, 0.3) is 0 Å². The first-order valence-corrected chi connectivity index (χ1v) is 10.8. The lowest BCUT2D eigenvalue weighted by atomic mass is 9.95. The fraction of sp³-hybridized carbons (Fsp3) is 0.667. The zero-order valence-electron chi connectivity index (χ0n) is 16.3. The summed E-state index contributed by atoms with van der Waals surface area (Å²) in [4.78, 5) is 17.1. The summed E-state index contributed by atoms with van der Waals surface area (Å²) in [6, 6.07) is 5.60. The van der Waals surface area contributed by atoms with Crippen molar-refractivity contribution in [1.29, 1.82) is 0 Å². The SMILES string of the molecule is CC1CN(CC2CCN(C(=O)CCc3cccc(Cl)c3Cl)CC2)CC(C)O1. The van der Waals surface area contributed by atoms with Crippen molar-refractivity contribution in [1.82, 2.24) is 9.80 Å². The number of ether oxygens (including phenoxy) is 1. The van der Waals surface area contributed by atoms with Crippen molar-refractivity contribution in [2.24, 2.45) is 5.92 Å². The highest BCUT2D eigenvalue weighted by Crippen LogP contribution is 2.27. The van der Waals surface area contributed by atoms with E-state index in [2.05, 4.69) is 18.7 Å². The molecule has 2 heterocycles. The monoisotopic (exact) mass is 412 g/mol. The molecule has 0 bridgehead atoms. The van der Waals surface area contributed by atoms with E-state index >= 15 is 0 Å². The van der Waals surface area contributed by atoms with E-state index in [-0.39, 0.29) is 5.91 Å². The minimum absolute atomic E-state index is 0.220. The number of aryl methyl sites for hydroxylation is 1. The van der Waals surface area contributed by atoms with Crippen LogP contribution in [-0.4, -0.2) is 60.6 Å². The zero-order chi connectivity index (χ0) is 19.4. The quantitative estimate of drug-likeness (QED) is 0.723. The topological polar surface area (TPSA) is 32.8 Å². The molecule has 0 saturated carbocycles. The molecule has 0 radical (unpaired) electrons.